The van der Waals surface area contributed by atoms with Crippen molar-refractivity contribution >= 4 is 34.8 Å². The number of halogens is 3. The highest BCUT2D eigenvalue weighted by Gasteiger charge is 2.26. The lowest BCUT2D eigenvalue weighted by atomic mass is 10.2. The predicted octanol–water partition coefficient (Wildman–Crippen LogP) is 3.43. The summed E-state index contributed by atoms with van der Waals surface area (Å²) in [5.41, 5.74) is 0. The van der Waals surface area contributed by atoms with Gasteiger partial charge in [0.1, 0.15) is 23.3 Å². The van der Waals surface area contributed by atoms with Crippen molar-refractivity contribution in [2.45, 2.75) is 0 Å². The van der Waals surface area contributed by atoms with Crippen LogP contribution in [0.3, 0.4) is 0 Å². The highest BCUT2D eigenvalue weighted by atomic mass is 35.5. The quantitative estimate of drug-likeness (QED) is 0.731. The molecule has 0 saturated carbocycles. The summed E-state index contributed by atoms with van der Waals surface area (Å²) in [5.74, 6) is 1.14. The van der Waals surface area contributed by atoms with Crippen LogP contribution in [0, 0.1) is 0 Å². The van der Waals surface area contributed by atoms with E-state index < -0.39 is 0 Å². The summed E-state index contributed by atoms with van der Waals surface area (Å²) in [6.07, 6.45) is 0. The fourth-order valence-corrected chi connectivity index (χ4v) is 2.04. The van der Waals surface area contributed by atoms with E-state index in [0.717, 1.165) is 0 Å². The maximum absolute atomic E-state index is 5.97. The van der Waals surface area contributed by atoms with Crippen molar-refractivity contribution in [3.63, 3.8) is 0 Å². The van der Waals surface area contributed by atoms with Crippen molar-refractivity contribution in [1.29, 1.82) is 0 Å². The molecule has 0 aliphatic carbocycles. The van der Waals surface area contributed by atoms with E-state index >= 15 is 0 Å². The lowest BCUT2D eigenvalue weighted by Crippen LogP contribution is -2.16. The van der Waals surface area contributed by atoms with Gasteiger partial charge in [-0.2, -0.15) is 0 Å². The molecule has 1 aromatic carbocycles. The monoisotopic (exact) mass is 268 g/mol. The molecule has 0 unspecified atom stereocenters. The Labute approximate surface area is 102 Å². The fraction of sp³-hybridized carbons (Fsp3) is 0.333. The van der Waals surface area contributed by atoms with Crippen LogP contribution in [0.5, 0.6) is 17.2 Å². The molecule has 1 aromatic rings. The van der Waals surface area contributed by atoms with Crippen molar-refractivity contribution in [2.24, 2.45) is 0 Å². The zero-order valence-corrected chi connectivity index (χ0v) is 10.0. The molecule has 1 aliphatic rings. The van der Waals surface area contributed by atoms with Crippen LogP contribution >= 0.6 is 34.8 Å². The van der Waals surface area contributed by atoms with Crippen LogP contribution in [-0.4, -0.2) is 20.3 Å². The zero-order valence-electron chi connectivity index (χ0n) is 7.77. The van der Waals surface area contributed by atoms with E-state index in [1.165, 1.54) is 7.11 Å². The first-order valence-electron chi connectivity index (χ1n) is 4.16. The van der Waals surface area contributed by atoms with Crippen LogP contribution in [0.25, 0.3) is 0 Å². The molecule has 0 aromatic heterocycles. The van der Waals surface area contributed by atoms with Crippen LogP contribution in [0.1, 0.15) is 0 Å². The first-order valence-corrected chi connectivity index (χ1v) is 5.30. The molecule has 1 aliphatic heterocycles. The van der Waals surface area contributed by atoms with E-state index in [4.69, 9.17) is 49.0 Å². The Hall–Kier alpha value is -0.510. The Kier molecular flexibility index (Phi) is 3.05. The van der Waals surface area contributed by atoms with Crippen molar-refractivity contribution in [2.75, 3.05) is 20.3 Å². The molecular formula is C9H7Cl3O3. The highest BCUT2D eigenvalue weighted by molar-refractivity contribution is 6.49. The molecule has 82 valence electrons. The maximum atomic E-state index is 5.97. The Morgan fingerprint density at radius 3 is 2.13 bits per heavy atom. The molecule has 1 heterocycles. The van der Waals surface area contributed by atoms with Gasteiger partial charge < -0.3 is 14.2 Å². The molecular weight excluding hydrogens is 262 g/mol. The molecule has 15 heavy (non-hydrogen) atoms. The minimum Gasteiger partial charge on any atom is -0.491 e. The Morgan fingerprint density at radius 1 is 0.933 bits per heavy atom. The van der Waals surface area contributed by atoms with Crippen molar-refractivity contribution in [3.8, 4) is 17.2 Å². The van der Waals surface area contributed by atoms with Gasteiger partial charge in [-0.1, -0.05) is 34.8 Å². The molecule has 0 spiro atoms. The summed E-state index contributed by atoms with van der Waals surface area (Å²) >= 11 is 17.8. The van der Waals surface area contributed by atoms with Gasteiger partial charge >= 0.3 is 0 Å². The summed E-state index contributed by atoms with van der Waals surface area (Å²) in [6.45, 7) is 0.853. The second-order valence-corrected chi connectivity index (χ2v) is 3.96. The highest BCUT2D eigenvalue weighted by Crippen LogP contribution is 2.52. The predicted molar refractivity (Wildman–Crippen MR) is 59.0 cm³/mol. The Bertz CT molecular complexity index is 383. The third-order valence-electron chi connectivity index (χ3n) is 1.98. The summed E-state index contributed by atoms with van der Waals surface area (Å²) < 4.78 is 15.8. The van der Waals surface area contributed by atoms with E-state index in [9.17, 15) is 0 Å². The van der Waals surface area contributed by atoms with Gasteiger partial charge in [0.2, 0.25) is 5.75 Å². The Balaban J connectivity index is 2.70. The molecule has 2 rings (SSSR count). The minimum atomic E-state index is 0.208. The van der Waals surface area contributed by atoms with E-state index in [1.54, 1.807) is 0 Å². The van der Waals surface area contributed by atoms with E-state index in [-0.39, 0.29) is 15.1 Å². The van der Waals surface area contributed by atoms with Crippen LogP contribution in [0.4, 0.5) is 0 Å². The zero-order chi connectivity index (χ0) is 11.0. The van der Waals surface area contributed by atoms with Gasteiger partial charge in [-0.15, -0.1) is 0 Å². The number of rotatable bonds is 1. The molecule has 0 bridgehead atoms. The molecule has 0 N–H and O–H groups in total. The minimum absolute atomic E-state index is 0.208. The molecule has 6 heteroatoms. The number of methoxy groups -OCH3 is 1. The third kappa shape index (κ3) is 1.69. The van der Waals surface area contributed by atoms with Gasteiger partial charge in [-0.25, -0.2) is 0 Å². The molecule has 0 saturated heterocycles. The lowest BCUT2D eigenvalue weighted by molar-refractivity contribution is 0.165. The molecule has 0 radical (unpaired) electrons. The SMILES string of the molecule is COc1c(Cl)c(Cl)c(Cl)c2c1OCCO2. The summed E-state index contributed by atoms with van der Waals surface area (Å²) in [5, 5.41) is 0.685. The normalized spacial score (nSPS) is 13.9. The average Bonchev–Trinajstić information content (AvgIpc) is 2.27. The second-order valence-electron chi connectivity index (χ2n) is 2.83. The van der Waals surface area contributed by atoms with Crippen LogP contribution < -0.4 is 14.2 Å². The van der Waals surface area contributed by atoms with Crippen LogP contribution in [-0.2, 0) is 0 Å². The Morgan fingerprint density at radius 2 is 1.53 bits per heavy atom. The van der Waals surface area contributed by atoms with Gasteiger partial charge in [0.05, 0.1) is 12.1 Å². The number of ether oxygens (including phenoxy) is 3. The topological polar surface area (TPSA) is 27.7 Å². The summed E-state index contributed by atoms with van der Waals surface area (Å²) in [4.78, 5) is 0. The third-order valence-corrected chi connectivity index (χ3v) is 3.27. The first-order chi connectivity index (χ1) is 7.16. The van der Waals surface area contributed by atoms with E-state index in [1.807, 2.05) is 0 Å². The summed E-state index contributed by atoms with van der Waals surface area (Å²) in [6, 6.07) is 0. The van der Waals surface area contributed by atoms with Gasteiger partial charge in [0.15, 0.2) is 11.5 Å². The van der Waals surface area contributed by atoms with E-state index in [0.29, 0.717) is 30.5 Å². The first kappa shape index (κ1) is 11.0. The summed E-state index contributed by atoms with van der Waals surface area (Å²) in [7, 11) is 1.48. The van der Waals surface area contributed by atoms with E-state index in [2.05, 4.69) is 0 Å². The average molecular weight is 270 g/mol. The number of benzene rings is 1. The van der Waals surface area contributed by atoms with Crippen LogP contribution in [0.2, 0.25) is 15.1 Å². The molecule has 0 fully saturated rings. The second kappa shape index (κ2) is 4.16. The number of hydrogen-bond acceptors (Lipinski definition) is 3. The standard InChI is InChI=1S/C9H7Cl3O3/c1-13-7-5(11)4(10)6(12)8-9(7)15-3-2-14-8/h2-3H2,1H3. The maximum Gasteiger partial charge on any atom is 0.206 e. The molecule has 0 atom stereocenters. The fourth-order valence-electron chi connectivity index (χ4n) is 1.33. The smallest absolute Gasteiger partial charge is 0.206 e. The van der Waals surface area contributed by atoms with Gasteiger partial charge in [-0.3, -0.25) is 0 Å². The van der Waals surface area contributed by atoms with Gasteiger partial charge in [-0.05, 0) is 0 Å². The molecule has 3 nitrogen and oxygen atoms in total. The van der Waals surface area contributed by atoms with Crippen molar-refractivity contribution in [1.82, 2.24) is 0 Å². The largest absolute Gasteiger partial charge is 0.491 e. The number of hydrogen-bond donors (Lipinski definition) is 0. The number of fused-ring (bicyclic) bond motifs is 1. The van der Waals surface area contributed by atoms with Gasteiger partial charge in [0, 0.05) is 0 Å². The lowest BCUT2D eigenvalue weighted by Gasteiger charge is -2.22. The van der Waals surface area contributed by atoms with Crippen molar-refractivity contribution in [3.05, 3.63) is 15.1 Å². The van der Waals surface area contributed by atoms with Crippen molar-refractivity contribution < 1.29 is 14.2 Å². The molecule has 0 amide bonds. The van der Waals surface area contributed by atoms with Crippen LogP contribution in [0.15, 0.2) is 0 Å². The van der Waals surface area contributed by atoms with Gasteiger partial charge in [0.25, 0.3) is 0 Å².